The van der Waals surface area contributed by atoms with Crippen LogP contribution < -0.4 is 0 Å². The molecule has 0 spiro atoms. The molecular formula is C11H8ClNO2. The SMILES string of the molecule is O=CCc1cc(Cl)c2cccnc2c1O. The molecule has 15 heavy (non-hydrogen) atoms. The number of aromatic hydroxyl groups is 1. The molecule has 1 heterocycles. The van der Waals surface area contributed by atoms with E-state index in [-0.39, 0.29) is 12.2 Å². The van der Waals surface area contributed by atoms with Crippen molar-refractivity contribution in [3.63, 3.8) is 0 Å². The van der Waals surface area contributed by atoms with Gasteiger partial charge in [0.1, 0.15) is 17.6 Å². The second kappa shape index (κ2) is 3.87. The first-order valence-corrected chi connectivity index (χ1v) is 4.80. The Hall–Kier alpha value is -1.61. The summed E-state index contributed by atoms with van der Waals surface area (Å²) >= 11 is 6.00. The summed E-state index contributed by atoms with van der Waals surface area (Å²) in [7, 11) is 0. The van der Waals surface area contributed by atoms with Gasteiger partial charge in [-0.15, -0.1) is 0 Å². The van der Waals surface area contributed by atoms with Crippen LogP contribution in [0.1, 0.15) is 5.56 Å². The molecule has 3 nitrogen and oxygen atoms in total. The molecule has 0 unspecified atom stereocenters. The number of nitrogens with zero attached hydrogens (tertiary/aromatic N) is 1. The molecule has 0 aliphatic rings. The third kappa shape index (κ3) is 1.66. The number of hydrogen-bond donors (Lipinski definition) is 1. The summed E-state index contributed by atoms with van der Waals surface area (Å²) in [5.41, 5.74) is 0.933. The van der Waals surface area contributed by atoms with Gasteiger partial charge in [-0.25, -0.2) is 0 Å². The lowest BCUT2D eigenvalue weighted by molar-refractivity contribution is -0.107. The number of hydrogen-bond acceptors (Lipinski definition) is 3. The Bertz CT molecular complexity index is 525. The van der Waals surface area contributed by atoms with Crippen molar-refractivity contribution in [2.24, 2.45) is 0 Å². The van der Waals surface area contributed by atoms with E-state index in [1.54, 1.807) is 24.4 Å². The third-order valence-electron chi connectivity index (χ3n) is 2.20. The molecule has 0 radical (unpaired) electrons. The molecule has 2 aromatic rings. The van der Waals surface area contributed by atoms with Crippen LogP contribution in [0.25, 0.3) is 10.9 Å². The Labute approximate surface area is 91.3 Å². The summed E-state index contributed by atoms with van der Waals surface area (Å²) in [6.07, 6.45) is 2.43. The van der Waals surface area contributed by atoms with Gasteiger partial charge < -0.3 is 9.90 Å². The number of carbonyl (C=O) groups is 1. The van der Waals surface area contributed by atoms with Crippen molar-refractivity contribution in [2.75, 3.05) is 0 Å². The molecule has 1 aromatic heterocycles. The molecule has 4 heteroatoms. The fourth-order valence-electron chi connectivity index (χ4n) is 1.48. The molecule has 1 aromatic carbocycles. The smallest absolute Gasteiger partial charge is 0.145 e. The van der Waals surface area contributed by atoms with Crippen LogP contribution in [-0.4, -0.2) is 16.4 Å². The number of benzene rings is 1. The highest BCUT2D eigenvalue weighted by molar-refractivity contribution is 6.35. The van der Waals surface area contributed by atoms with Gasteiger partial charge in [0.25, 0.3) is 0 Å². The average molecular weight is 222 g/mol. The first kappa shape index (κ1) is 9.93. The van der Waals surface area contributed by atoms with E-state index in [9.17, 15) is 9.90 Å². The quantitative estimate of drug-likeness (QED) is 0.792. The number of pyridine rings is 1. The standard InChI is InChI=1S/C11H8ClNO2/c12-9-6-7(3-5-14)11(15)10-8(9)2-1-4-13-10/h1-2,4-6,15H,3H2. The number of fused-ring (bicyclic) bond motifs is 1. The number of aromatic nitrogens is 1. The Morgan fingerprint density at radius 2 is 2.33 bits per heavy atom. The van der Waals surface area contributed by atoms with Crippen molar-refractivity contribution in [3.05, 3.63) is 35.0 Å². The van der Waals surface area contributed by atoms with Gasteiger partial charge in [0.2, 0.25) is 0 Å². The molecule has 2 rings (SSSR count). The van der Waals surface area contributed by atoms with Crippen LogP contribution in [0.2, 0.25) is 5.02 Å². The van der Waals surface area contributed by atoms with Crippen LogP contribution in [0.4, 0.5) is 0 Å². The summed E-state index contributed by atoms with van der Waals surface area (Å²) in [6, 6.07) is 5.11. The fourth-order valence-corrected chi connectivity index (χ4v) is 1.77. The van der Waals surface area contributed by atoms with Gasteiger partial charge in [0, 0.05) is 23.6 Å². The van der Waals surface area contributed by atoms with Gasteiger partial charge >= 0.3 is 0 Å². The number of aldehydes is 1. The molecule has 0 bridgehead atoms. The van der Waals surface area contributed by atoms with E-state index >= 15 is 0 Å². The van der Waals surface area contributed by atoms with Crippen molar-refractivity contribution in [1.82, 2.24) is 4.98 Å². The Morgan fingerprint density at radius 1 is 1.53 bits per heavy atom. The molecule has 0 fully saturated rings. The van der Waals surface area contributed by atoms with E-state index in [1.807, 2.05) is 0 Å². The van der Waals surface area contributed by atoms with E-state index in [1.165, 1.54) is 0 Å². The normalized spacial score (nSPS) is 10.5. The van der Waals surface area contributed by atoms with Gasteiger partial charge in [0.15, 0.2) is 0 Å². The highest BCUT2D eigenvalue weighted by Crippen LogP contribution is 2.32. The zero-order valence-corrected chi connectivity index (χ0v) is 8.53. The van der Waals surface area contributed by atoms with Crippen LogP contribution in [0.15, 0.2) is 24.4 Å². The second-order valence-electron chi connectivity index (χ2n) is 3.14. The number of halogens is 1. The average Bonchev–Trinajstić information content (AvgIpc) is 2.26. The largest absolute Gasteiger partial charge is 0.505 e. The van der Waals surface area contributed by atoms with E-state index < -0.39 is 0 Å². The lowest BCUT2D eigenvalue weighted by Crippen LogP contribution is -1.90. The zero-order chi connectivity index (χ0) is 10.8. The van der Waals surface area contributed by atoms with E-state index in [0.29, 0.717) is 21.5 Å². The minimum Gasteiger partial charge on any atom is -0.505 e. The Balaban J connectivity index is 2.78. The van der Waals surface area contributed by atoms with Crippen molar-refractivity contribution >= 4 is 28.8 Å². The molecule has 0 amide bonds. The highest BCUT2D eigenvalue weighted by atomic mass is 35.5. The molecule has 0 atom stereocenters. The van der Waals surface area contributed by atoms with Crippen molar-refractivity contribution in [3.8, 4) is 5.75 Å². The highest BCUT2D eigenvalue weighted by Gasteiger charge is 2.10. The maximum atomic E-state index is 10.4. The summed E-state index contributed by atoms with van der Waals surface area (Å²) < 4.78 is 0. The van der Waals surface area contributed by atoms with Crippen LogP contribution in [0.3, 0.4) is 0 Å². The van der Waals surface area contributed by atoms with E-state index in [2.05, 4.69) is 4.98 Å². The molecule has 0 saturated carbocycles. The first-order chi connectivity index (χ1) is 7.24. The minimum atomic E-state index is 0.0297. The monoisotopic (exact) mass is 221 g/mol. The van der Waals surface area contributed by atoms with Gasteiger partial charge in [-0.05, 0) is 18.2 Å². The predicted octanol–water partition coefficient (Wildman–Crippen LogP) is 2.34. The molecule has 0 saturated heterocycles. The molecule has 0 aliphatic carbocycles. The third-order valence-corrected chi connectivity index (χ3v) is 2.51. The minimum absolute atomic E-state index is 0.0297. The van der Waals surface area contributed by atoms with Crippen LogP contribution in [0.5, 0.6) is 5.75 Å². The van der Waals surface area contributed by atoms with Crippen molar-refractivity contribution < 1.29 is 9.90 Å². The molecule has 0 aliphatic heterocycles. The second-order valence-corrected chi connectivity index (χ2v) is 3.54. The van der Waals surface area contributed by atoms with Gasteiger partial charge in [-0.3, -0.25) is 4.98 Å². The Morgan fingerprint density at radius 3 is 3.07 bits per heavy atom. The van der Waals surface area contributed by atoms with Crippen LogP contribution in [0, 0.1) is 0 Å². The topological polar surface area (TPSA) is 50.2 Å². The first-order valence-electron chi connectivity index (χ1n) is 4.42. The molecule has 1 N–H and O–H groups in total. The van der Waals surface area contributed by atoms with Gasteiger partial charge in [-0.2, -0.15) is 0 Å². The van der Waals surface area contributed by atoms with Gasteiger partial charge in [0.05, 0.1) is 5.02 Å². The van der Waals surface area contributed by atoms with Crippen LogP contribution in [-0.2, 0) is 11.2 Å². The number of carbonyl (C=O) groups excluding carboxylic acids is 1. The number of phenolic OH excluding ortho intramolecular Hbond substituents is 1. The maximum absolute atomic E-state index is 10.4. The van der Waals surface area contributed by atoms with Crippen molar-refractivity contribution in [1.29, 1.82) is 0 Å². The maximum Gasteiger partial charge on any atom is 0.145 e. The van der Waals surface area contributed by atoms with Gasteiger partial charge in [-0.1, -0.05) is 11.6 Å². The predicted molar refractivity (Wildman–Crippen MR) is 58.2 cm³/mol. The van der Waals surface area contributed by atoms with E-state index in [4.69, 9.17) is 11.6 Å². The van der Waals surface area contributed by atoms with E-state index in [0.717, 1.165) is 6.29 Å². The summed E-state index contributed by atoms with van der Waals surface area (Å²) in [6.45, 7) is 0. The Kier molecular flexibility index (Phi) is 2.56. The van der Waals surface area contributed by atoms with Crippen LogP contribution >= 0.6 is 11.6 Å². The zero-order valence-electron chi connectivity index (χ0n) is 7.77. The summed E-state index contributed by atoms with van der Waals surface area (Å²) in [4.78, 5) is 14.4. The lowest BCUT2D eigenvalue weighted by Gasteiger charge is -2.06. The number of phenols is 1. The fraction of sp³-hybridized carbons (Fsp3) is 0.0909. The number of rotatable bonds is 2. The molecular weight excluding hydrogens is 214 g/mol. The summed E-state index contributed by atoms with van der Waals surface area (Å²) in [5.74, 6) is 0.0297. The molecule has 76 valence electrons. The summed E-state index contributed by atoms with van der Waals surface area (Å²) in [5, 5.41) is 11.0. The lowest BCUT2D eigenvalue weighted by atomic mass is 10.1. The van der Waals surface area contributed by atoms with Crippen molar-refractivity contribution in [2.45, 2.75) is 6.42 Å².